The van der Waals surface area contributed by atoms with Gasteiger partial charge in [0.1, 0.15) is 0 Å². The van der Waals surface area contributed by atoms with E-state index in [1.807, 2.05) is 36.3 Å². The Morgan fingerprint density at radius 2 is 2.07 bits per heavy atom. The minimum absolute atomic E-state index is 0.278. The van der Waals surface area contributed by atoms with E-state index in [-0.39, 0.29) is 6.04 Å². The van der Waals surface area contributed by atoms with Crippen molar-refractivity contribution in [2.75, 3.05) is 24.5 Å². The van der Waals surface area contributed by atoms with E-state index >= 15 is 0 Å². The van der Waals surface area contributed by atoms with Crippen molar-refractivity contribution in [2.45, 2.75) is 44.2 Å². The molecule has 0 spiro atoms. The molecule has 0 unspecified atom stereocenters. The number of piperidine rings is 1. The lowest BCUT2D eigenvalue weighted by molar-refractivity contribution is -0.115. The molecule has 2 fully saturated rings. The van der Waals surface area contributed by atoms with Gasteiger partial charge < -0.3 is 9.69 Å². The van der Waals surface area contributed by atoms with E-state index in [1.54, 1.807) is 6.20 Å². The third kappa shape index (κ3) is 3.10. The number of hydrogen-bond donors (Lipinski definition) is 0. The predicted octanol–water partition coefficient (Wildman–Crippen LogP) is 2.10. The Balaban J connectivity index is 1.51. The number of hydrogen-bond acceptors (Lipinski definition) is 6. The molecule has 2 aliphatic heterocycles. The summed E-state index contributed by atoms with van der Waals surface area (Å²) >= 11 is 0. The second-order valence-corrected chi connectivity index (χ2v) is 7.50. The molecule has 7 heteroatoms. The zero-order valence-corrected chi connectivity index (χ0v) is 15.6. The highest BCUT2D eigenvalue weighted by Gasteiger charge is 2.45. The molecule has 0 saturated carbocycles. The number of nitrogens with zero attached hydrogens (tertiary/aromatic N) is 6. The van der Waals surface area contributed by atoms with Gasteiger partial charge in [0.15, 0.2) is 11.8 Å². The zero-order chi connectivity index (χ0) is 18.9. The van der Waals surface area contributed by atoms with Gasteiger partial charge >= 0.3 is 0 Å². The molecule has 0 N–H and O–H groups in total. The number of aromatic nitrogens is 3. The Hall–Kier alpha value is -2.72. The number of aldehydes is 1. The van der Waals surface area contributed by atoms with Crippen LogP contribution in [0.25, 0.3) is 5.69 Å². The van der Waals surface area contributed by atoms with Crippen molar-refractivity contribution in [1.82, 2.24) is 19.7 Å². The SMILES string of the molecule is Cc1cnn(-c2ccncc2N2CCC(N3CCC[C@@]3(C#N)C=O)CC2)c1. The molecule has 4 rings (SSSR count). The number of pyridine rings is 1. The smallest absolute Gasteiger partial charge is 0.165 e. The fourth-order valence-corrected chi connectivity index (χ4v) is 4.42. The van der Waals surface area contributed by atoms with Crippen LogP contribution in [0.4, 0.5) is 5.69 Å². The fraction of sp³-hybridized carbons (Fsp3) is 0.500. The Labute approximate surface area is 159 Å². The largest absolute Gasteiger partial charge is 0.368 e. The third-order valence-electron chi connectivity index (χ3n) is 5.84. The highest BCUT2D eigenvalue weighted by atomic mass is 16.1. The van der Waals surface area contributed by atoms with Crippen LogP contribution >= 0.6 is 0 Å². The molecule has 140 valence electrons. The molecule has 1 atom stereocenters. The summed E-state index contributed by atoms with van der Waals surface area (Å²) in [6.07, 6.45) is 11.8. The lowest BCUT2D eigenvalue weighted by Gasteiger charge is -2.41. The minimum atomic E-state index is -0.918. The number of aryl methyl sites for hydroxylation is 1. The van der Waals surface area contributed by atoms with Crippen LogP contribution in [-0.4, -0.2) is 57.2 Å². The maximum Gasteiger partial charge on any atom is 0.165 e. The van der Waals surface area contributed by atoms with E-state index < -0.39 is 5.54 Å². The maximum atomic E-state index is 11.6. The molecule has 0 amide bonds. The molecular weight excluding hydrogens is 340 g/mol. The first-order valence-electron chi connectivity index (χ1n) is 9.52. The van der Waals surface area contributed by atoms with Crippen LogP contribution in [0.1, 0.15) is 31.2 Å². The van der Waals surface area contributed by atoms with Gasteiger partial charge in [-0.3, -0.25) is 9.88 Å². The van der Waals surface area contributed by atoms with E-state index in [9.17, 15) is 10.1 Å². The first kappa shape index (κ1) is 17.7. The van der Waals surface area contributed by atoms with Gasteiger partial charge in [-0.05, 0) is 44.2 Å². The van der Waals surface area contributed by atoms with Gasteiger partial charge in [-0.25, -0.2) is 4.68 Å². The molecule has 0 bridgehead atoms. The van der Waals surface area contributed by atoms with Crippen LogP contribution in [0.5, 0.6) is 0 Å². The topological polar surface area (TPSA) is 78.1 Å². The van der Waals surface area contributed by atoms with E-state index in [4.69, 9.17) is 0 Å². The normalized spacial score (nSPS) is 24.1. The lowest BCUT2D eigenvalue weighted by Crippen LogP contribution is -2.53. The van der Waals surface area contributed by atoms with Gasteiger partial charge in [0.05, 0.1) is 29.8 Å². The number of carbonyl (C=O) groups excluding carboxylic acids is 1. The number of carbonyl (C=O) groups is 1. The van der Waals surface area contributed by atoms with Crippen LogP contribution in [-0.2, 0) is 4.79 Å². The van der Waals surface area contributed by atoms with Crippen molar-refractivity contribution in [3.05, 3.63) is 36.4 Å². The molecule has 7 nitrogen and oxygen atoms in total. The summed E-state index contributed by atoms with van der Waals surface area (Å²) in [7, 11) is 0. The maximum absolute atomic E-state index is 11.6. The number of anilines is 1. The molecule has 2 saturated heterocycles. The summed E-state index contributed by atoms with van der Waals surface area (Å²) in [6, 6.07) is 4.54. The van der Waals surface area contributed by atoms with Gasteiger partial charge in [0.2, 0.25) is 0 Å². The highest BCUT2D eigenvalue weighted by molar-refractivity contribution is 5.70. The van der Waals surface area contributed by atoms with Crippen molar-refractivity contribution in [1.29, 1.82) is 5.26 Å². The van der Waals surface area contributed by atoms with E-state index in [1.165, 1.54) is 0 Å². The first-order valence-corrected chi connectivity index (χ1v) is 9.52. The number of likely N-dealkylation sites (tertiary alicyclic amines) is 1. The Morgan fingerprint density at radius 1 is 1.26 bits per heavy atom. The molecule has 2 aliphatic rings. The van der Waals surface area contributed by atoms with Crippen LogP contribution in [0.3, 0.4) is 0 Å². The van der Waals surface area contributed by atoms with Gasteiger partial charge in [0.25, 0.3) is 0 Å². The minimum Gasteiger partial charge on any atom is -0.368 e. The van der Waals surface area contributed by atoms with E-state index in [0.29, 0.717) is 6.42 Å². The van der Waals surface area contributed by atoms with Gasteiger partial charge in [0, 0.05) is 38.1 Å². The van der Waals surface area contributed by atoms with Crippen molar-refractivity contribution >= 4 is 12.0 Å². The summed E-state index contributed by atoms with van der Waals surface area (Å²) in [5.41, 5.74) is 2.30. The molecule has 2 aromatic heterocycles. The van der Waals surface area contributed by atoms with Crippen molar-refractivity contribution < 1.29 is 4.79 Å². The molecule has 0 aliphatic carbocycles. The third-order valence-corrected chi connectivity index (χ3v) is 5.84. The summed E-state index contributed by atoms with van der Waals surface area (Å²) in [4.78, 5) is 20.4. The summed E-state index contributed by atoms with van der Waals surface area (Å²) in [5, 5.41) is 14.0. The summed E-state index contributed by atoms with van der Waals surface area (Å²) < 4.78 is 1.89. The summed E-state index contributed by atoms with van der Waals surface area (Å²) in [5.74, 6) is 0. The fourth-order valence-electron chi connectivity index (χ4n) is 4.42. The van der Waals surface area contributed by atoms with Gasteiger partial charge in [-0.15, -0.1) is 0 Å². The van der Waals surface area contributed by atoms with Crippen LogP contribution in [0.2, 0.25) is 0 Å². The molecular formula is C20H24N6O. The molecule has 4 heterocycles. The Kier molecular flexibility index (Phi) is 4.66. The zero-order valence-electron chi connectivity index (χ0n) is 15.6. The van der Waals surface area contributed by atoms with Crippen molar-refractivity contribution in [2.24, 2.45) is 0 Å². The number of rotatable bonds is 4. The highest BCUT2D eigenvalue weighted by Crippen LogP contribution is 2.34. The lowest BCUT2D eigenvalue weighted by atomic mass is 9.95. The second-order valence-electron chi connectivity index (χ2n) is 7.50. The average Bonchev–Trinajstić information content (AvgIpc) is 3.35. The number of nitriles is 1. The van der Waals surface area contributed by atoms with Gasteiger partial charge in [-0.2, -0.15) is 10.4 Å². The Morgan fingerprint density at radius 3 is 2.74 bits per heavy atom. The Bertz CT molecular complexity index is 863. The second kappa shape index (κ2) is 7.12. The monoisotopic (exact) mass is 364 g/mol. The van der Waals surface area contributed by atoms with Gasteiger partial charge in [-0.1, -0.05) is 0 Å². The molecule has 27 heavy (non-hydrogen) atoms. The molecule has 0 aromatic carbocycles. The quantitative estimate of drug-likeness (QED) is 0.773. The van der Waals surface area contributed by atoms with E-state index in [0.717, 1.165) is 62.1 Å². The standard InChI is InChI=1S/C20H24N6O/c1-16-11-23-26(13-16)18-3-7-22-12-19(18)24-9-4-17(5-10-24)25-8-2-6-20(25,14-21)15-27/h3,7,11-13,15,17H,2,4-6,8-10H2,1H3/t20-/m1/s1. The predicted molar refractivity (Wildman–Crippen MR) is 102 cm³/mol. The summed E-state index contributed by atoms with van der Waals surface area (Å²) in [6.45, 7) is 4.61. The van der Waals surface area contributed by atoms with Crippen LogP contribution < -0.4 is 4.90 Å². The first-order chi connectivity index (χ1) is 13.2. The van der Waals surface area contributed by atoms with Crippen LogP contribution in [0, 0.1) is 18.3 Å². The van der Waals surface area contributed by atoms with Crippen molar-refractivity contribution in [3.8, 4) is 11.8 Å². The van der Waals surface area contributed by atoms with Crippen molar-refractivity contribution in [3.63, 3.8) is 0 Å². The molecule has 2 aromatic rings. The van der Waals surface area contributed by atoms with E-state index in [2.05, 4.69) is 26.0 Å². The van der Waals surface area contributed by atoms with Crippen LogP contribution in [0.15, 0.2) is 30.9 Å². The molecule has 0 radical (unpaired) electrons. The average molecular weight is 364 g/mol.